The molecule has 8 nitrogen and oxygen atoms in total. The normalized spacial score (nSPS) is 20.6. The van der Waals surface area contributed by atoms with Crippen LogP contribution in [-0.4, -0.2) is 64.7 Å². The number of carbonyl (C=O) groups is 1. The molecule has 1 aromatic heterocycles. The highest BCUT2D eigenvalue weighted by atomic mass is 32.2. The minimum atomic E-state index is -3.05. The van der Waals surface area contributed by atoms with Gasteiger partial charge in [-0.15, -0.1) is 0 Å². The zero-order valence-corrected chi connectivity index (χ0v) is 18.3. The number of hydrogen-bond acceptors (Lipinski definition) is 6. The smallest absolute Gasteiger partial charge is 0.234 e. The number of hydrogen-bond donors (Lipinski definition) is 1. The molecule has 0 bridgehead atoms. The van der Waals surface area contributed by atoms with Gasteiger partial charge in [0.15, 0.2) is 20.4 Å². The molecule has 1 saturated heterocycles. The molecule has 2 fully saturated rings. The van der Waals surface area contributed by atoms with Gasteiger partial charge in [0.25, 0.3) is 0 Å². The summed E-state index contributed by atoms with van der Waals surface area (Å²) in [6, 6.07) is 6.36. The van der Waals surface area contributed by atoms with Crippen molar-refractivity contribution in [2.75, 3.05) is 25.1 Å². The summed E-state index contributed by atoms with van der Waals surface area (Å²) in [5.41, 5.74) is 0.400. The molecule has 1 aliphatic heterocycles. The summed E-state index contributed by atoms with van der Waals surface area (Å²) in [6.45, 7) is 0.333. The van der Waals surface area contributed by atoms with Crippen LogP contribution in [0.25, 0.3) is 11.4 Å². The topological polar surface area (TPSA) is 89.2 Å². The van der Waals surface area contributed by atoms with Crippen LogP contribution in [0.2, 0.25) is 0 Å². The minimum absolute atomic E-state index is 0.00862. The third-order valence-corrected chi connectivity index (χ3v) is 7.46. The van der Waals surface area contributed by atoms with Crippen LogP contribution in [0.4, 0.5) is 4.39 Å². The van der Waals surface area contributed by atoms with Crippen molar-refractivity contribution < 1.29 is 17.6 Å². The maximum Gasteiger partial charge on any atom is 0.234 e. The number of benzene rings is 1. The van der Waals surface area contributed by atoms with Crippen molar-refractivity contribution in [3.8, 4) is 11.4 Å². The number of carbonyl (C=O) groups excluding carboxylic acids is 1. The number of nitrogens with one attached hydrogen (secondary N) is 1. The zero-order chi connectivity index (χ0) is 21.5. The van der Waals surface area contributed by atoms with E-state index < -0.39 is 9.84 Å². The van der Waals surface area contributed by atoms with Crippen LogP contribution in [0, 0.1) is 10.6 Å². The van der Waals surface area contributed by atoms with Crippen LogP contribution in [0.5, 0.6) is 0 Å². The third-order valence-electron chi connectivity index (χ3n) is 5.28. The first kappa shape index (κ1) is 21.1. The summed E-state index contributed by atoms with van der Waals surface area (Å²) < 4.78 is 41.4. The second-order valence-corrected chi connectivity index (χ2v) is 10.6. The number of halogens is 1. The Kier molecular flexibility index (Phi) is 5.78. The van der Waals surface area contributed by atoms with Crippen molar-refractivity contribution in [1.29, 1.82) is 0 Å². The molecule has 2 aliphatic rings. The molecule has 1 aliphatic carbocycles. The van der Waals surface area contributed by atoms with E-state index in [-0.39, 0.29) is 48.5 Å². The SMILES string of the molecule is CN(CC(=O)NC1CCS(=O)(=O)C1)Cn1nc(-c2ccccc2F)n(C2CC2)c1=S. The Hall–Kier alpha value is -2.11. The van der Waals surface area contributed by atoms with Gasteiger partial charge in [0.2, 0.25) is 5.91 Å². The predicted molar refractivity (Wildman–Crippen MR) is 113 cm³/mol. The second-order valence-electron chi connectivity index (χ2n) is 8.01. The van der Waals surface area contributed by atoms with Gasteiger partial charge < -0.3 is 5.32 Å². The van der Waals surface area contributed by atoms with Gasteiger partial charge in [0, 0.05) is 12.1 Å². The summed E-state index contributed by atoms with van der Waals surface area (Å²) in [6.07, 6.45) is 2.40. The molecule has 11 heteroatoms. The number of amides is 1. The monoisotopic (exact) mass is 453 g/mol. The fourth-order valence-electron chi connectivity index (χ4n) is 3.71. The van der Waals surface area contributed by atoms with Gasteiger partial charge in [0.05, 0.1) is 30.3 Å². The van der Waals surface area contributed by atoms with Crippen molar-refractivity contribution in [1.82, 2.24) is 24.6 Å². The lowest BCUT2D eigenvalue weighted by Gasteiger charge is -2.18. The molecule has 1 amide bonds. The molecule has 1 atom stereocenters. The van der Waals surface area contributed by atoms with Crippen molar-refractivity contribution in [3.05, 3.63) is 34.9 Å². The van der Waals surface area contributed by atoms with Gasteiger partial charge in [-0.1, -0.05) is 12.1 Å². The molecule has 1 unspecified atom stereocenters. The van der Waals surface area contributed by atoms with Gasteiger partial charge >= 0.3 is 0 Å². The van der Waals surface area contributed by atoms with Gasteiger partial charge in [-0.2, -0.15) is 5.10 Å². The Morgan fingerprint density at radius 3 is 2.70 bits per heavy atom. The second kappa shape index (κ2) is 8.20. The Morgan fingerprint density at radius 2 is 2.07 bits per heavy atom. The first-order valence-corrected chi connectivity index (χ1v) is 12.1. The van der Waals surface area contributed by atoms with Crippen LogP contribution in [0.15, 0.2) is 24.3 Å². The molecular weight excluding hydrogens is 429 g/mol. The van der Waals surface area contributed by atoms with Crippen LogP contribution >= 0.6 is 12.2 Å². The highest BCUT2D eigenvalue weighted by molar-refractivity contribution is 7.91. The number of likely N-dealkylation sites (N-methyl/N-ethyl adjacent to an activating group) is 1. The van der Waals surface area contributed by atoms with Crippen molar-refractivity contribution in [2.24, 2.45) is 0 Å². The van der Waals surface area contributed by atoms with E-state index in [1.165, 1.54) is 6.07 Å². The fourth-order valence-corrected chi connectivity index (χ4v) is 5.71. The Labute approximate surface area is 179 Å². The van der Waals surface area contributed by atoms with E-state index in [9.17, 15) is 17.6 Å². The maximum atomic E-state index is 14.4. The van der Waals surface area contributed by atoms with E-state index in [4.69, 9.17) is 12.2 Å². The summed E-state index contributed by atoms with van der Waals surface area (Å²) in [5.74, 6) is -0.00596. The molecule has 2 heterocycles. The lowest BCUT2D eigenvalue weighted by atomic mass is 10.2. The summed E-state index contributed by atoms with van der Waals surface area (Å²) in [4.78, 5) is 14.0. The average molecular weight is 454 g/mol. The maximum absolute atomic E-state index is 14.4. The lowest BCUT2D eigenvalue weighted by molar-refractivity contribution is -0.122. The van der Waals surface area contributed by atoms with Crippen LogP contribution in [0.1, 0.15) is 25.3 Å². The average Bonchev–Trinajstić information content (AvgIpc) is 3.37. The molecule has 30 heavy (non-hydrogen) atoms. The van der Waals surface area contributed by atoms with Crippen LogP contribution in [-0.2, 0) is 21.3 Å². The van der Waals surface area contributed by atoms with Crippen LogP contribution in [0.3, 0.4) is 0 Å². The van der Waals surface area contributed by atoms with E-state index in [0.29, 0.717) is 22.6 Å². The predicted octanol–water partition coefficient (Wildman–Crippen LogP) is 1.75. The zero-order valence-electron chi connectivity index (χ0n) is 16.6. The standard InChI is InChI=1S/C19H24FN5O3S2/c1-23(10-17(26)21-13-8-9-30(27,28)11-13)12-24-19(29)25(14-6-7-14)18(22-24)15-4-2-3-5-16(15)20/h2-5,13-14H,6-12H2,1H3,(H,21,26). The molecule has 4 rings (SSSR count). The molecule has 162 valence electrons. The molecule has 0 radical (unpaired) electrons. The van der Waals surface area contributed by atoms with Gasteiger partial charge in [-0.3, -0.25) is 14.3 Å². The minimum Gasteiger partial charge on any atom is -0.351 e. The summed E-state index contributed by atoms with van der Waals surface area (Å²) in [7, 11) is -1.29. The highest BCUT2D eigenvalue weighted by Gasteiger charge is 2.31. The van der Waals surface area contributed by atoms with Gasteiger partial charge in [-0.05, 0) is 50.7 Å². The molecular formula is C19H24FN5O3S2. The summed E-state index contributed by atoms with van der Waals surface area (Å²) in [5, 5.41) is 7.33. The molecule has 1 saturated carbocycles. The van der Waals surface area contributed by atoms with Gasteiger partial charge in [0.1, 0.15) is 5.82 Å². The Balaban J connectivity index is 1.47. The van der Waals surface area contributed by atoms with E-state index in [1.807, 2.05) is 4.57 Å². The van der Waals surface area contributed by atoms with E-state index in [1.54, 1.807) is 34.8 Å². The van der Waals surface area contributed by atoms with E-state index >= 15 is 0 Å². The molecule has 0 spiro atoms. The van der Waals surface area contributed by atoms with Crippen molar-refractivity contribution in [3.63, 3.8) is 0 Å². The number of rotatable bonds is 7. The number of sulfone groups is 1. The molecule has 1 aromatic carbocycles. The van der Waals surface area contributed by atoms with Crippen molar-refractivity contribution in [2.45, 2.75) is 38.0 Å². The Morgan fingerprint density at radius 1 is 1.33 bits per heavy atom. The third kappa shape index (κ3) is 4.62. The highest BCUT2D eigenvalue weighted by Crippen LogP contribution is 2.39. The number of aromatic nitrogens is 3. The fraction of sp³-hybridized carbons (Fsp3) is 0.526. The van der Waals surface area contributed by atoms with Gasteiger partial charge in [-0.25, -0.2) is 17.5 Å². The number of nitrogens with zero attached hydrogens (tertiary/aromatic N) is 4. The largest absolute Gasteiger partial charge is 0.351 e. The van der Waals surface area contributed by atoms with E-state index in [2.05, 4.69) is 10.4 Å². The van der Waals surface area contributed by atoms with E-state index in [0.717, 1.165) is 12.8 Å². The Bertz CT molecular complexity index is 1120. The van der Waals surface area contributed by atoms with Crippen molar-refractivity contribution >= 4 is 28.0 Å². The summed E-state index contributed by atoms with van der Waals surface area (Å²) >= 11 is 5.59. The molecule has 1 N–H and O–H groups in total. The lowest BCUT2D eigenvalue weighted by Crippen LogP contribution is -2.42. The first-order valence-electron chi connectivity index (χ1n) is 9.86. The van der Waals surface area contributed by atoms with Crippen LogP contribution < -0.4 is 5.32 Å². The molecule has 2 aromatic rings. The first-order chi connectivity index (χ1) is 14.2. The quantitative estimate of drug-likeness (QED) is 0.643.